The Morgan fingerprint density at radius 1 is 1.31 bits per heavy atom. The van der Waals surface area contributed by atoms with Crippen molar-refractivity contribution >= 4 is 39.8 Å². The summed E-state index contributed by atoms with van der Waals surface area (Å²) in [5.41, 5.74) is 5.23. The molecule has 0 saturated heterocycles. The van der Waals surface area contributed by atoms with Crippen molar-refractivity contribution in [2.24, 2.45) is 5.10 Å². The zero-order valence-electron chi connectivity index (χ0n) is 15.7. The van der Waals surface area contributed by atoms with Gasteiger partial charge in [0.25, 0.3) is 5.91 Å². The summed E-state index contributed by atoms with van der Waals surface area (Å²) in [6, 6.07) is 11.5. The first-order chi connectivity index (χ1) is 14.0. The molecule has 0 aliphatic carbocycles. The van der Waals surface area contributed by atoms with Gasteiger partial charge in [0.05, 0.1) is 12.0 Å². The number of hydrogen-bond donors (Lipinski definition) is 1. The fourth-order valence-corrected chi connectivity index (χ4v) is 3.41. The van der Waals surface area contributed by atoms with Crippen LogP contribution < -0.4 is 5.43 Å². The second-order valence-electron chi connectivity index (χ2n) is 6.22. The molecule has 0 unspecified atom stereocenters. The molecule has 0 saturated carbocycles. The van der Waals surface area contributed by atoms with Crippen molar-refractivity contribution in [1.29, 1.82) is 0 Å². The molecule has 3 aromatic rings. The normalized spacial score (nSPS) is 11.0. The molecule has 7 nitrogen and oxygen atoms in total. The lowest BCUT2D eigenvalue weighted by Gasteiger charge is -2.10. The fourth-order valence-electron chi connectivity index (χ4n) is 2.41. The highest BCUT2D eigenvalue weighted by molar-refractivity contribution is 9.10. The largest absolute Gasteiger partial charge is 0.298 e. The van der Waals surface area contributed by atoms with Gasteiger partial charge in [0.1, 0.15) is 0 Å². The van der Waals surface area contributed by atoms with Crippen LogP contribution in [0.1, 0.15) is 12.5 Å². The average Bonchev–Trinajstić information content (AvgIpc) is 3.09. The Morgan fingerprint density at radius 2 is 2.10 bits per heavy atom. The zero-order valence-corrected chi connectivity index (χ0v) is 18.2. The molecule has 3 rings (SSSR count). The number of aromatic nitrogens is 4. The molecule has 0 bridgehead atoms. The van der Waals surface area contributed by atoms with Crippen molar-refractivity contribution in [3.05, 3.63) is 71.0 Å². The highest BCUT2D eigenvalue weighted by Gasteiger charge is 2.15. The Balaban J connectivity index is 1.66. The highest BCUT2D eigenvalue weighted by Crippen LogP contribution is 2.26. The van der Waals surface area contributed by atoms with E-state index in [1.807, 2.05) is 41.8 Å². The maximum absolute atomic E-state index is 12.1. The summed E-state index contributed by atoms with van der Waals surface area (Å²) in [5, 5.41) is 13.2. The smallest absolute Gasteiger partial charge is 0.250 e. The number of hydrogen-bond acceptors (Lipinski definition) is 6. The third-order valence-electron chi connectivity index (χ3n) is 3.67. The number of halogens is 1. The van der Waals surface area contributed by atoms with Gasteiger partial charge >= 0.3 is 0 Å². The first-order valence-corrected chi connectivity index (χ1v) is 10.5. The summed E-state index contributed by atoms with van der Waals surface area (Å²) >= 11 is 4.74. The Morgan fingerprint density at radius 3 is 2.79 bits per heavy atom. The van der Waals surface area contributed by atoms with E-state index < -0.39 is 0 Å². The van der Waals surface area contributed by atoms with E-state index in [0.717, 1.165) is 27.0 Å². The lowest BCUT2D eigenvalue weighted by atomic mass is 10.2. The van der Waals surface area contributed by atoms with Gasteiger partial charge in [0.2, 0.25) is 0 Å². The van der Waals surface area contributed by atoms with Crippen molar-refractivity contribution in [3.8, 4) is 11.4 Å². The molecule has 1 N–H and O–H groups in total. The number of hydrazone groups is 1. The van der Waals surface area contributed by atoms with Gasteiger partial charge in [-0.2, -0.15) is 5.10 Å². The fraction of sp³-hybridized carbons (Fsp3) is 0.150. The van der Waals surface area contributed by atoms with E-state index in [1.54, 1.807) is 24.7 Å². The van der Waals surface area contributed by atoms with Crippen molar-refractivity contribution in [2.75, 3.05) is 5.75 Å². The monoisotopic (exact) mass is 470 g/mol. The van der Waals surface area contributed by atoms with Gasteiger partial charge in [-0.3, -0.25) is 14.3 Å². The number of nitrogens with zero attached hydrogens (tertiary/aromatic N) is 5. The SMILES string of the molecule is C=C(C)Cn1c(SCC(=O)N/N=C\c2cccnc2)nnc1-c1ccc(Br)cc1. The molecule has 0 radical (unpaired) electrons. The number of amides is 1. The maximum atomic E-state index is 12.1. The summed E-state index contributed by atoms with van der Waals surface area (Å²) in [6.45, 7) is 6.50. The van der Waals surface area contributed by atoms with E-state index in [0.29, 0.717) is 11.7 Å². The molecule has 1 aromatic carbocycles. The van der Waals surface area contributed by atoms with Gasteiger partial charge in [-0.25, -0.2) is 5.43 Å². The van der Waals surface area contributed by atoms with Crippen molar-refractivity contribution in [2.45, 2.75) is 18.6 Å². The maximum Gasteiger partial charge on any atom is 0.250 e. The van der Waals surface area contributed by atoms with Crippen LogP contribution in [0.25, 0.3) is 11.4 Å². The van der Waals surface area contributed by atoms with Gasteiger partial charge in [0, 0.05) is 34.5 Å². The number of carbonyl (C=O) groups excluding carboxylic acids is 1. The van der Waals surface area contributed by atoms with E-state index in [4.69, 9.17) is 0 Å². The molecule has 29 heavy (non-hydrogen) atoms. The molecule has 0 aliphatic heterocycles. The number of rotatable bonds is 8. The predicted molar refractivity (Wildman–Crippen MR) is 119 cm³/mol. The second-order valence-corrected chi connectivity index (χ2v) is 8.08. The molecule has 148 valence electrons. The number of pyridine rings is 1. The van der Waals surface area contributed by atoms with Crippen LogP contribution in [0.5, 0.6) is 0 Å². The second kappa shape index (κ2) is 10.1. The lowest BCUT2D eigenvalue weighted by Crippen LogP contribution is -2.20. The zero-order chi connectivity index (χ0) is 20.6. The van der Waals surface area contributed by atoms with Crippen LogP contribution in [-0.2, 0) is 11.3 Å². The van der Waals surface area contributed by atoms with E-state index >= 15 is 0 Å². The van der Waals surface area contributed by atoms with Crippen LogP contribution >= 0.6 is 27.7 Å². The van der Waals surface area contributed by atoms with E-state index in [2.05, 4.69) is 48.2 Å². The van der Waals surface area contributed by atoms with Gasteiger partial charge in [-0.15, -0.1) is 10.2 Å². The van der Waals surface area contributed by atoms with Crippen LogP contribution in [0.3, 0.4) is 0 Å². The van der Waals surface area contributed by atoms with Gasteiger partial charge < -0.3 is 0 Å². The van der Waals surface area contributed by atoms with Gasteiger partial charge in [-0.1, -0.05) is 58.0 Å². The minimum absolute atomic E-state index is 0.166. The molecule has 0 spiro atoms. The van der Waals surface area contributed by atoms with Crippen LogP contribution in [0, 0.1) is 0 Å². The van der Waals surface area contributed by atoms with Crippen molar-refractivity contribution in [1.82, 2.24) is 25.2 Å². The summed E-state index contributed by atoms with van der Waals surface area (Å²) < 4.78 is 2.95. The first kappa shape index (κ1) is 20.9. The third-order valence-corrected chi connectivity index (χ3v) is 5.16. The number of thioether (sulfide) groups is 1. The molecule has 0 atom stereocenters. The first-order valence-electron chi connectivity index (χ1n) is 8.71. The summed E-state index contributed by atoms with van der Waals surface area (Å²) in [4.78, 5) is 16.1. The van der Waals surface area contributed by atoms with Gasteiger partial charge in [-0.05, 0) is 25.1 Å². The van der Waals surface area contributed by atoms with Crippen LogP contribution in [0.2, 0.25) is 0 Å². The van der Waals surface area contributed by atoms with Crippen LogP contribution in [-0.4, -0.2) is 37.6 Å². The topological polar surface area (TPSA) is 85.1 Å². The number of carbonyl (C=O) groups is 1. The highest BCUT2D eigenvalue weighted by atomic mass is 79.9. The number of benzene rings is 1. The molecule has 1 amide bonds. The number of allylic oxidation sites excluding steroid dienone is 1. The average molecular weight is 471 g/mol. The Hall–Kier alpha value is -2.78. The predicted octanol–water partition coefficient (Wildman–Crippen LogP) is 3.92. The Labute approximate surface area is 181 Å². The lowest BCUT2D eigenvalue weighted by molar-refractivity contribution is -0.118. The summed E-state index contributed by atoms with van der Waals surface area (Å²) in [7, 11) is 0. The molecule has 2 aromatic heterocycles. The van der Waals surface area contributed by atoms with Crippen molar-refractivity contribution in [3.63, 3.8) is 0 Å². The summed E-state index contributed by atoms with van der Waals surface area (Å²) in [6.07, 6.45) is 4.88. The summed E-state index contributed by atoms with van der Waals surface area (Å²) in [5.74, 6) is 0.669. The number of nitrogens with one attached hydrogen (secondary N) is 1. The van der Waals surface area contributed by atoms with Crippen LogP contribution in [0.15, 0.2) is 75.7 Å². The minimum atomic E-state index is -0.231. The molecule has 0 fully saturated rings. The van der Waals surface area contributed by atoms with Gasteiger partial charge in [0.15, 0.2) is 11.0 Å². The Bertz CT molecular complexity index is 1020. The minimum Gasteiger partial charge on any atom is -0.298 e. The molecule has 0 aliphatic rings. The standard InChI is InChI=1S/C20H19BrN6OS/c1-14(2)12-27-19(16-5-7-17(21)8-6-16)25-26-20(27)29-13-18(28)24-23-11-15-4-3-9-22-10-15/h3-11H,1,12-13H2,2H3,(H,24,28)/b23-11-. The quantitative estimate of drug-likeness (QED) is 0.233. The van der Waals surface area contributed by atoms with E-state index in [-0.39, 0.29) is 11.7 Å². The third kappa shape index (κ3) is 6.10. The van der Waals surface area contributed by atoms with E-state index in [1.165, 1.54) is 11.8 Å². The van der Waals surface area contributed by atoms with Crippen LogP contribution in [0.4, 0.5) is 0 Å². The molecular formula is C20H19BrN6OS. The molecular weight excluding hydrogens is 452 g/mol. The molecule has 9 heteroatoms. The Kier molecular flexibility index (Phi) is 7.31. The van der Waals surface area contributed by atoms with Crippen molar-refractivity contribution < 1.29 is 4.79 Å². The van der Waals surface area contributed by atoms with E-state index in [9.17, 15) is 4.79 Å². The molecule has 2 heterocycles.